The van der Waals surface area contributed by atoms with Gasteiger partial charge in [0.25, 0.3) is 0 Å². The van der Waals surface area contributed by atoms with Crippen molar-refractivity contribution in [3.8, 4) is 6.07 Å². The molecule has 1 N–H and O–H groups in total. The Morgan fingerprint density at radius 3 is 2.61 bits per heavy atom. The molecule has 0 aromatic carbocycles. The van der Waals surface area contributed by atoms with Gasteiger partial charge in [-0.05, 0) is 44.6 Å². The number of rotatable bonds is 2. The summed E-state index contributed by atoms with van der Waals surface area (Å²) < 4.78 is 0. The Kier molecular flexibility index (Phi) is 3.68. The molecule has 3 heteroatoms. The molecule has 0 aliphatic heterocycles. The topological polar surface area (TPSA) is 56.9 Å². The van der Waals surface area contributed by atoms with E-state index in [9.17, 15) is 10.4 Å². The van der Waals surface area contributed by atoms with Crippen LogP contribution in [0.25, 0.3) is 0 Å². The molecule has 96 valence electrons. The highest BCUT2D eigenvalue weighted by Gasteiger charge is 2.41. The quantitative estimate of drug-likeness (QED) is 0.869. The van der Waals surface area contributed by atoms with Crippen LogP contribution in [-0.4, -0.2) is 10.1 Å². The third-order valence-corrected chi connectivity index (χ3v) is 4.16. The Hall–Kier alpha value is -1.40. The molecule has 0 saturated heterocycles. The van der Waals surface area contributed by atoms with Crippen LogP contribution in [0.4, 0.5) is 0 Å². The van der Waals surface area contributed by atoms with Crippen LogP contribution >= 0.6 is 0 Å². The summed E-state index contributed by atoms with van der Waals surface area (Å²) in [6, 6.07) is 6.14. The van der Waals surface area contributed by atoms with Crippen molar-refractivity contribution in [3.63, 3.8) is 0 Å². The number of aliphatic hydroxyl groups excluding tert-OH is 1. The van der Waals surface area contributed by atoms with Crippen molar-refractivity contribution in [1.29, 1.82) is 5.26 Å². The van der Waals surface area contributed by atoms with Gasteiger partial charge in [-0.2, -0.15) is 5.26 Å². The largest absolute Gasteiger partial charge is 0.387 e. The fraction of sp³-hybridized carbons (Fsp3) is 0.600. The average molecular weight is 244 g/mol. The summed E-state index contributed by atoms with van der Waals surface area (Å²) in [5.41, 5.74) is 1.06. The Bertz CT molecular complexity index is 439. The molecule has 1 aromatic heterocycles. The molecule has 3 nitrogen and oxygen atoms in total. The summed E-state index contributed by atoms with van der Waals surface area (Å²) in [6.45, 7) is 4.12. The number of aliphatic hydroxyl groups is 1. The van der Waals surface area contributed by atoms with Crippen molar-refractivity contribution < 1.29 is 5.11 Å². The zero-order chi connectivity index (χ0) is 13.2. The summed E-state index contributed by atoms with van der Waals surface area (Å²) in [6.07, 6.45) is 4.56. The molecule has 1 aliphatic carbocycles. The van der Waals surface area contributed by atoms with Gasteiger partial charge in [0, 0.05) is 17.5 Å². The maximum atomic E-state index is 10.5. The van der Waals surface area contributed by atoms with Crippen LogP contribution in [0.1, 0.15) is 50.0 Å². The summed E-state index contributed by atoms with van der Waals surface area (Å²) in [7, 11) is 0. The van der Waals surface area contributed by atoms with Crippen molar-refractivity contribution in [1.82, 2.24) is 4.98 Å². The Morgan fingerprint density at radius 2 is 2.11 bits per heavy atom. The minimum Gasteiger partial charge on any atom is -0.387 e. The van der Waals surface area contributed by atoms with E-state index in [4.69, 9.17) is 0 Å². The standard InChI is InChI=1S/C15H20N2O/c1-11-5-7-15(10-16,8-6-11)14(18)13-4-3-12(2)17-9-13/h3-4,9,11,14,18H,5-8H2,1-2H3. The van der Waals surface area contributed by atoms with Crippen molar-refractivity contribution in [2.45, 2.75) is 45.6 Å². The molecule has 1 atom stereocenters. The van der Waals surface area contributed by atoms with Crippen LogP contribution in [0, 0.1) is 29.6 Å². The van der Waals surface area contributed by atoms with E-state index in [1.54, 1.807) is 6.20 Å². The zero-order valence-corrected chi connectivity index (χ0v) is 11.1. The van der Waals surface area contributed by atoms with Crippen molar-refractivity contribution in [3.05, 3.63) is 29.6 Å². The number of aryl methyl sites for hydroxylation is 1. The molecule has 0 spiro atoms. The fourth-order valence-electron chi connectivity index (χ4n) is 2.68. The van der Waals surface area contributed by atoms with Gasteiger partial charge in [-0.25, -0.2) is 0 Å². The molecule has 0 bridgehead atoms. The highest BCUT2D eigenvalue weighted by atomic mass is 16.3. The first kappa shape index (κ1) is 13.0. The van der Waals surface area contributed by atoms with E-state index in [1.807, 2.05) is 19.1 Å². The van der Waals surface area contributed by atoms with Gasteiger partial charge in [0.15, 0.2) is 0 Å². The third kappa shape index (κ3) is 2.39. The number of aromatic nitrogens is 1. The second-order valence-electron chi connectivity index (χ2n) is 5.59. The van der Waals surface area contributed by atoms with E-state index in [2.05, 4.69) is 18.0 Å². The minimum absolute atomic E-state index is 0.622. The van der Waals surface area contributed by atoms with Gasteiger partial charge in [-0.15, -0.1) is 0 Å². The highest BCUT2D eigenvalue weighted by molar-refractivity contribution is 5.22. The van der Waals surface area contributed by atoms with Crippen LogP contribution in [0.5, 0.6) is 0 Å². The molecular weight excluding hydrogens is 224 g/mol. The molecule has 1 saturated carbocycles. The molecule has 0 radical (unpaired) electrons. The van der Waals surface area contributed by atoms with E-state index in [0.29, 0.717) is 5.92 Å². The van der Waals surface area contributed by atoms with E-state index >= 15 is 0 Å². The third-order valence-electron chi connectivity index (χ3n) is 4.16. The summed E-state index contributed by atoms with van der Waals surface area (Å²) in [5.74, 6) is 0.662. The highest BCUT2D eigenvalue weighted by Crippen LogP contribution is 2.46. The van der Waals surface area contributed by atoms with Gasteiger partial charge in [-0.1, -0.05) is 13.0 Å². The average Bonchev–Trinajstić information content (AvgIpc) is 2.40. The van der Waals surface area contributed by atoms with Crippen LogP contribution < -0.4 is 0 Å². The molecule has 2 rings (SSSR count). The van der Waals surface area contributed by atoms with Crippen molar-refractivity contribution >= 4 is 0 Å². The molecular formula is C15H20N2O. The van der Waals surface area contributed by atoms with Gasteiger partial charge in [-0.3, -0.25) is 4.98 Å². The molecule has 1 aliphatic rings. The van der Waals surface area contributed by atoms with E-state index < -0.39 is 11.5 Å². The van der Waals surface area contributed by atoms with Gasteiger partial charge >= 0.3 is 0 Å². The summed E-state index contributed by atoms with van der Waals surface area (Å²) in [5, 5.41) is 20.0. The molecule has 1 fully saturated rings. The maximum Gasteiger partial charge on any atom is 0.0991 e. The first-order valence-electron chi connectivity index (χ1n) is 6.59. The predicted octanol–water partition coefficient (Wildman–Crippen LogP) is 3.14. The second-order valence-corrected chi connectivity index (χ2v) is 5.59. The number of nitriles is 1. The molecule has 1 heterocycles. The van der Waals surface area contributed by atoms with Gasteiger partial charge in [0.1, 0.15) is 0 Å². The molecule has 18 heavy (non-hydrogen) atoms. The maximum absolute atomic E-state index is 10.5. The van der Waals surface area contributed by atoms with Gasteiger partial charge in [0.2, 0.25) is 0 Å². The monoisotopic (exact) mass is 244 g/mol. The van der Waals surface area contributed by atoms with E-state index in [0.717, 1.165) is 36.9 Å². The van der Waals surface area contributed by atoms with E-state index in [-0.39, 0.29) is 0 Å². The summed E-state index contributed by atoms with van der Waals surface area (Å²) in [4.78, 5) is 4.21. The smallest absolute Gasteiger partial charge is 0.0991 e. The molecule has 0 amide bonds. The first-order valence-corrected chi connectivity index (χ1v) is 6.59. The first-order chi connectivity index (χ1) is 8.57. The zero-order valence-electron chi connectivity index (χ0n) is 11.1. The van der Waals surface area contributed by atoms with Crippen molar-refractivity contribution in [2.75, 3.05) is 0 Å². The van der Waals surface area contributed by atoms with Crippen LogP contribution in [0.15, 0.2) is 18.3 Å². The lowest BCUT2D eigenvalue weighted by molar-refractivity contribution is 0.0264. The molecule has 1 unspecified atom stereocenters. The van der Waals surface area contributed by atoms with Crippen molar-refractivity contribution in [2.24, 2.45) is 11.3 Å². The fourth-order valence-corrected chi connectivity index (χ4v) is 2.68. The Morgan fingerprint density at radius 1 is 1.44 bits per heavy atom. The Labute approximate surface area is 108 Å². The number of hydrogen-bond donors (Lipinski definition) is 1. The predicted molar refractivity (Wildman–Crippen MR) is 69.6 cm³/mol. The lowest BCUT2D eigenvalue weighted by atomic mass is 9.67. The van der Waals surface area contributed by atoms with Crippen LogP contribution in [0.3, 0.4) is 0 Å². The lowest BCUT2D eigenvalue weighted by Gasteiger charge is -2.37. The Balaban J connectivity index is 2.23. The SMILES string of the molecule is Cc1ccc(C(O)C2(C#N)CCC(C)CC2)cn1. The van der Waals surface area contributed by atoms with Gasteiger partial charge in [0.05, 0.1) is 17.6 Å². The molecule has 1 aromatic rings. The number of nitrogens with zero attached hydrogens (tertiary/aromatic N) is 2. The van der Waals surface area contributed by atoms with Crippen LogP contribution in [0.2, 0.25) is 0 Å². The second kappa shape index (κ2) is 5.07. The van der Waals surface area contributed by atoms with Gasteiger partial charge < -0.3 is 5.11 Å². The lowest BCUT2D eigenvalue weighted by Crippen LogP contribution is -2.32. The number of pyridine rings is 1. The van der Waals surface area contributed by atoms with Crippen LogP contribution in [-0.2, 0) is 0 Å². The summed E-state index contributed by atoms with van der Waals surface area (Å²) >= 11 is 0. The minimum atomic E-state index is -0.719. The number of hydrogen-bond acceptors (Lipinski definition) is 3. The normalized spacial score (nSPS) is 29.6. The van der Waals surface area contributed by atoms with E-state index in [1.165, 1.54) is 0 Å².